The first-order chi connectivity index (χ1) is 15.7. The molecule has 1 aromatic heterocycles. The summed E-state index contributed by atoms with van der Waals surface area (Å²) in [5.41, 5.74) is 3.43. The number of rotatable bonds is 5. The van der Waals surface area contributed by atoms with E-state index in [4.69, 9.17) is 4.74 Å². The summed E-state index contributed by atoms with van der Waals surface area (Å²) in [4.78, 5) is 30.4. The van der Waals surface area contributed by atoms with E-state index in [1.807, 2.05) is 64.9 Å². The Morgan fingerprint density at radius 3 is 2.62 bits per heavy atom. The number of ether oxygens (including phenoxy) is 1. The van der Waals surface area contributed by atoms with Crippen LogP contribution in [0.1, 0.15) is 53.2 Å². The molecule has 1 aliphatic heterocycles. The van der Waals surface area contributed by atoms with Gasteiger partial charge in [0.05, 0.1) is 12.7 Å². The molecule has 1 aliphatic carbocycles. The van der Waals surface area contributed by atoms with E-state index in [-0.39, 0.29) is 17.9 Å². The number of hydrogen-bond acceptors (Lipinski definition) is 4. The zero-order valence-corrected chi connectivity index (χ0v) is 18.9. The molecule has 3 aromatic rings. The van der Waals surface area contributed by atoms with Gasteiger partial charge in [-0.2, -0.15) is 0 Å². The first-order valence-corrected chi connectivity index (χ1v) is 12.0. The largest absolute Gasteiger partial charge is 0.497 e. The molecule has 2 amide bonds. The lowest BCUT2D eigenvalue weighted by molar-refractivity contribution is -0.126. The van der Waals surface area contributed by atoms with E-state index in [0.717, 1.165) is 47.3 Å². The number of hydrogen-bond donors (Lipinski definition) is 1. The Morgan fingerprint density at radius 1 is 1.09 bits per heavy atom. The molecule has 1 atom stereocenters. The summed E-state index contributed by atoms with van der Waals surface area (Å²) < 4.78 is 5.41. The van der Waals surface area contributed by atoms with Gasteiger partial charge in [0, 0.05) is 28.6 Å². The molecule has 0 bridgehead atoms. The molecule has 2 heterocycles. The number of carbonyl (C=O) groups is 2. The van der Waals surface area contributed by atoms with Gasteiger partial charge in [-0.3, -0.25) is 9.59 Å². The van der Waals surface area contributed by atoms with Crippen LogP contribution in [0, 0.1) is 0 Å². The summed E-state index contributed by atoms with van der Waals surface area (Å²) in [6, 6.07) is 16.9. The van der Waals surface area contributed by atoms with Crippen molar-refractivity contribution in [1.82, 2.24) is 10.2 Å². The second-order valence-corrected chi connectivity index (χ2v) is 9.29. The van der Waals surface area contributed by atoms with Crippen LogP contribution in [0.3, 0.4) is 0 Å². The van der Waals surface area contributed by atoms with Crippen LogP contribution in [0.2, 0.25) is 0 Å². The molecular weight excluding hydrogens is 420 g/mol. The summed E-state index contributed by atoms with van der Waals surface area (Å²) in [5.74, 6) is 0.427. The Hall–Kier alpha value is -3.12. The third-order valence-corrected chi connectivity index (χ3v) is 7.44. The quantitative estimate of drug-likeness (QED) is 0.588. The molecule has 0 radical (unpaired) electrons. The molecule has 164 valence electrons. The highest BCUT2D eigenvalue weighted by atomic mass is 32.1. The molecule has 32 heavy (non-hydrogen) atoms. The lowest BCUT2D eigenvalue weighted by Crippen LogP contribution is -2.47. The number of thiophene rings is 1. The van der Waals surface area contributed by atoms with Crippen molar-refractivity contribution in [2.75, 3.05) is 7.11 Å². The van der Waals surface area contributed by atoms with E-state index in [9.17, 15) is 9.59 Å². The van der Waals surface area contributed by atoms with Crippen molar-refractivity contribution in [3.05, 3.63) is 76.7 Å². The van der Waals surface area contributed by atoms with Crippen LogP contribution >= 0.6 is 11.3 Å². The smallest absolute Gasteiger partial charge is 0.255 e. The van der Waals surface area contributed by atoms with Crippen molar-refractivity contribution in [2.45, 2.75) is 44.3 Å². The van der Waals surface area contributed by atoms with E-state index in [2.05, 4.69) is 5.32 Å². The fourth-order valence-corrected chi connectivity index (χ4v) is 5.86. The fraction of sp³-hybridized carbons (Fsp3) is 0.308. The average Bonchev–Trinajstić information content (AvgIpc) is 3.51. The van der Waals surface area contributed by atoms with Crippen molar-refractivity contribution in [3.8, 4) is 16.2 Å². The van der Waals surface area contributed by atoms with Crippen molar-refractivity contribution in [1.29, 1.82) is 0 Å². The number of nitrogens with one attached hydrogen (secondary N) is 1. The van der Waals surface area contributed by atoms with Crippen LogP contribution in [0.25, 0.3) is 10.4 Å². The Morgan fingerprint density at radius 2 is 1.88 bits per heavy atom. The van der Waals surface area contributed by atoms with Gasteiger partial charge >= 0.3 is 0 Å². The zero-order valence-electron chi connectivity index (χ0n) is 18.0. The van der Waals surface area contributed by atoms with E-state index in [0.29, 0.717) is 17.9 Å². The van der Waals surface area contributed by atoms with Crippen molar-refractivity contribution < 1.29 is 14.3 Å². The maximum absolute atomic E-state index is 13.9. The number of benzene rings is 2. The van der Waals surface area contributed by atoms with Gasteiger partial charge in [-0.15, -0.1) is 11.3 Å². The Bertz CT molecular complexity index is 1130. The number of carbonyl (C=O) groups excluding carboxylic acids is 2. The third-order valence-electron chi connectivity index (χ3n) is 6.48. The van der Waals surface area contributed by atoms with E-state index in [1.54, 1.807) is 18.4 Å². The molecule has 1 saturated carbocycles. The zero-order chi connectivity index (χ0) is 22.1. The van der Waals surface area contributed by atoms with Crippen LogP contribution in [-0.4, -0.2) is 29.9 Å². The summed E-state index contributed by atoms with van der Waals surface area (Å²) in [6.07, 6.45) is 4.00. The van der Waals surface area contributed by atoms with Gasteiger partial charge in [0.2, 0.25) is 5.91 Å². The molecule has 5 rings (SSSR count). The van der Waals surface area contributed by atoms with E-state index in [1.165, 1.54) is 0 Å². The molecule has 2 aliphatic rings. The van der Waals surface area contributed by atoms with Crippen molar-refractivity contribution in [3.63, 3.8) is 0 Å². The molecule has 1 unspecified atom stereocenters. The highest BCUT2D eigenvalue weighted by molar-refractivity contribution is 7.13. The summed E-state index contributed by atoms with van der Waals surface area (Å²) in [7, 11) is 1.61. The van der Waals surface area contributed by atoms with Crippen LogP contribution in [-0.2, 0) is 11.3 Å². The molecule has 5 nitrogen and oxygen atoms in total. The van der Waals surface area contributed by atoms with Crippen molar-refractivity contribution in [2.24, 2.45) is 0 Å². The average molecular weight is 447 g/mol. The summed E-state index contributed by atoms with van der Waals surface area (Å²) in [5, 5.41) is 5.11. The number of fused-ring (bicyclic) bond motifs is 3. The molecule has 2 aromatic carbocycles. The standard InChI is InChI=1S/C26H26N2O3S/c1-31-19-11-12-20-22(15-19)26(30)28(18-9-5-6-10-18)23(21-13-14-32-24(20)21)25(29)27-16-17-7-3-2-4-8-17/h2-4,7-8,11-15,18,23H,5-6,9-10,16H2,1H3,(H,27,29). The highest BCUT2D eigenvalue weighted by Gasteiger charge is 2.42. The molecular formula is C26H26N2O3S. The molecule has 0 spiro atoms. The predicted octanol–water partition coefficient (Wildman–Crippen LogP) is 5.18. The van der Waals surface area contributed by atoms with Gasteiger partial charge in [0.1, 0.15) is 11.8 Å². The van der Waals surface area contributed by atoms with E-state index >= 15 is 0 Å². The van der Waals surface area contributed by atoms with Gasteiger partial charge in [-0.1, -0.05) is 43.2 Å². The number of nitrogens with zero attached hydrogens (tertiary/aromatic N) is 1. The maximum atomic E-state index is 13.9. The predicted molar refractivity (Wildman–Crippen MR) is 126 cm³/mol. The first-order valence-electron chi connectivity index (χ1n) is 11.1. The minimum atomic E-state index is -0.644. The van der Waals surface area contributed by atoms with Gasteiger partial charge in [0.15, 0.2) is 0 Å². The normalized spacial score (nSPS) is 18.1. The van der Waals surface area contributed by atoms with Crippen LogP contribution < -0.4 is 10.1 Å². The Balaban J connectivity index is 1.58. The topological polar surface area (TPSA) is 58.6 Å². The monoisotopic (exact) mass is 446 g/mol. The molecule has 1 fully saturated rings. The van der Waals surface area contributed by atoms with Gasteiger partial charge in [0.25, 0.3) is 5.91 Å². The summed E-state index contributed by atoms with van der Waals surface area (Å²) in [6.45, 7) is 0.434. The second-order valence-electron chi connectivity index (χ2n) is 8.37. The van der Waals surface area contributed by atoms with Crippen LogP contribution in [0.5, 0.6) is 5.75 Å². The SMILES string of the molecule is COc1ccc2c(c1)C(=O)N(C1CCCC1)C(C(=O)NCc1ccccc1)c1ccsc1-2. The van der Waals surface area contributed by atoms with Gasteiger partial charge in [-0.25, -0.2) is 0 Å². The first kappa shape index (κ1) is 20.8. The molecule has 0 saturated heterocycles. The third kappa shape index (κ3) is 3.69. The lowest BCUT2D eigenvalue weighted by Gasteiger charge is -2.35. The summed E-state index contributed by atoms with van der Waals surface area (Å²) >= 11 is 1.58. The fourth-order valence-electron chi connectivity index (χ4n) is 4.89. The highest BCUT2D eigenvalue weighted by Crippen LogP contribution is 2.45. The van der Waals surface area contributed by atoms with E-state index < -0.39 is 6.04 Å². The maximum Gasteiger partial charge on any atom is 0.255 e. The molecule has 6 heteroatoms. The number of methoxy groups -OCH3 is 1. The van der Waals surface area contributed by atoms with Gasteiger partial charge in [-0.05, 0) is 48.1 Å². The molecule has 1 N–H and O–H groups in total. The Labute approximate surface area is 192 Å². The lowest BCUT2D eigenvalue weighted by atomic mass is 10.0. The van der Waals surface area contributed by atoms with Crippen LogP contribution in [0.15, 0.2) is 60.0 Å². The van der Waals surface area contributed by atoms with Gasteiger partial charge < -0.3 is 15.0 Å². The number of amides is 2. The van der Waals surface area contributed by atoms with Crippen LogP contribution in [0.4, 0.5) is 0 Å². The minimum Gasteiger partial charge on any atom is -0.497 e. The second kappa shape index (κ2) is 8.79. The minimum absolute atomic E-state index is 0.0554. The Kier molecular flexibility index (Phi) is 5.70. The van der Waals surface area contributed by atoms with Crippen molar-refractivity contribution >= 4 is 23.2 Å².